The molecule has 2 aliphatic rings. The summed E-state index contributed by atoms with van der Waals surface area (Å²) in [6.07, 6.45) is 5.14. The van der Waals surface area contributed by atoms with Crippen LogP contribution in [0.25, 0.3) is 0 Å². The lowest BCUT2D eigenvalue weighted by Crippen LogP contribution is -2.49. The molecule has 1 aliphatic heterocycles. The van der Waals surface area contributed by atoms with E-state index in [0.29, 0.717) is 18.5 Å². The van der Waals surface area contributed by atoms with Crippen molar-refractivity contribution in [1.29, 1.82) is 0 Å². The molecule has 0 aromatic carbocycles. The highest BCUT2D eigenvalue weighted by molar-refractivity contribution is 5.79. The van der Waals surface area contributed by atoms with E-state index in [9.17, 15) is 4.79 Å². The molecular weight excluding hydrogens is 262 g/mol. The standard InChI is InChI=1S/C17H33N3O/c1-13(2)20(14(3)4)17(21)12-19(16-7-8-16)11-15-6-5-9-18-10-15/h13-16,18H,5-12H2,1-4H3. The van der Waals surface area contributed by atoms with E-state index in [1.165, 1.54) is 25.7 Å². The van der Waals surface area contributed by atoms with Gasteiger partial charge in [-0.15, -0.1) is 0 Å². The highest BCUT2D eigenvalue weighted by atomic mass is 16.2. The molecule has 0 aromatic rings. The minimum atomic E-state index is 0.287. The summed E-state index contributed by atoms with van der Waals surface area (Å²) in [6.45, 7) is 12.4. The molecule has 1 N–H and O–H groups in total. The Morgan fingerprint density at radius 2 is 1.81 bits per heavy atom. The molecule has 1 heterocycles. The summed E-state index contributed by atoms with van der Waals surface area (Å²) in [7, 11) is 0. The zero-order chi connectivity index (χ0) is 15.4. The third-order valence-electron chi connectivity index (χ3n) is 4.69. The number of rotatable bonds is 7. The van der Waals surface area contributed by atoms with Crippen LogP contribution < -0.4 is 5.32 Å². The largest absolute Gasteiger partial charge is 0.337 e. The predicted octanol–water partition coefficient (Wildman–Crippen LogP) is 2.10. The van der Waals surface area contributed by atoms with Crippen LogP contribution in [0.15, 0.2) is 0 Å². The van der Waals surface area contributed by atoms with Gasteiger partial charge in [0.1, 0.15) is 0 Å². The zero-order valence-electron chi connectivity index (χ0n) is 14.3. The molecule has 21 heavy (non-hydrogen) atoms. The molecule has 4 heteroatoms. The van der Waals surface area contributed by atoms with E-state index in [1.54, 1.807) is 0 Å². The second kappa shape index (κ2) is 7.59. The van der Waals surface area contributed by atoms with Crippen molar-refractivity contribution in [3.63, 3.8) is 0 Å². The summed E-state index contributed by atoms with van der Waals surface area (Å²) >= 11 is 0. The highest BCUT2D eigenvalue weighted by Crippen LogP contribution is 2.28. The first kappa shape index (κ1) is 16.8. The maximum Gasteiger partial charge on any atom is 0.237 e. The molecule has 2 rings (SSSR count). The number of piperidine rings is 1. The molecule has 0 spiro atoms. The Morgan fingerprint density at radius 3 is 2.29 bits per heavy atom. The van der Waals surface area contributed by atoms with Crippen LogP contribution in [0.5, 0.6) is 0 Å². The quantitative estimate of drug-likeness (QED) is 0.781. The van der Waals surface area contributed by atoms with Crippen molar-refractivity contribution in [2.24, 2.45) is 5.92 Å². The van der Waals surface area contributed by atoms with Gasteiger partial charge in [0, 0.05) is 24.7 Å². The summed E-state index contributed by atoms with van der Waals surface area (Å²) in [5.41, 5.74) is 0. The Labute approximate surface area is 130 Å². The molecule has 1 amide bonds. The van der Waals surface area contributed by atoms with Crippen molar-refractivity contribution in [1.82, 2.24) is 15.1 Å². The normalized spacial score (nSPS) is 23.1. The smallest absolute Gasteiger partial charge is 0.237 e. The van der Waals surface area contributed by atoms with Gasteiger partial charge in [-0.3, -0.25) is 9.69 Å². The lowest BCUT2D eigenvalue weighted by Gasteiger charge is -2.35. The fourth-order valence-corrected chi connectivity index (χ4v) is 3.62. The molecule has 122 valence electrons. The Hall–Kier alpha value is -0.610. The van der Waals surface area contributed by atoms with Gasteiger partial charge in [0.05, 0.1) is 6.54 Å². The van der Waals surface area contributed by atoms with Gasteiger partial charge in [0.15, 0.2) is 0 Å². The van der Waals surface area contributed by atoms with Crippen LogP contribution in [0.3, 0.4) is 0 Å². The Balaban J connectivity index is 1.90. The lowest BCUT2D eigenvalue weighted by molar-refractivity contribution is -0.136. The first-order chi connectivity index (χ1) is 9.99. The molecule has 0 bridgehead atoms. The van der Waals surface area contributed by atoms with Gasteiger partial charge in [-0.1, -0.05) is 0 Å². The molecule has 0 radical (unpaired) electrons. The van der Waals surface area contributed by atoms with Crippen molar-refractivity contribution >= 4 is 5.91 Å². The second-order valence-electron chi connectivity index (χ2n) is 7.36. The molecule has 2 fully saturated rings. The van der Waals surface area contributed by atoms with E-state index in [2.05, 4.69) is 37.9 Å². The second-order valence-corrected chi connectivity index (χ2v) is 7.36. The van der Waals surface area contributed by atoms with Gasteiger partial charge >= 0.3 is 0 Å². The average molecular weight is 295 g/mol. The third kappa shape index (κ3) is 4.96. The number of hydrogen-bond acceptors (Lipinski definition) is 3. The van der Waals surface area contributed by atoms with E-state index < -0.39 is 0 Å². The van der Waals surface area contributed by atoms with Gasteiger partial charge in [-0.05, 0) is 72.4 Å². The Morgan fingerprint density at radius 1 is 1.14 bits per heavy atom. The topological polar surface area (TPSA) is 35.6 Å². The van der Waals surface area contributed by atoms with Crippen LogP contribution in [0, 0.1) is 5.92 Å². The van der Waals surface area contributed by atoms with Gasteiger partial charge in [0.25, 0.3) is 0 Å². The number of carbonyl (C=O) groups is 1. The van der Waals surface area contributed by atoms with Crippen LogP contribution in [0.2, 0.25) is 0 Å². The van der Waals surface area contributed by atoms with Crippen LogP contribution in [-0.2, 0) is 4.79 Å². The van der Waals surface area contributed by atoms with Gasteiger partial charge in [-0.2, -0.15) is 0 Å². The Bertz CT molecular complexity index is 325. The zero-order valence-corrected chi connectivity index (χ0v) is 14.3. The van der Waals surface area contributed by atoms with Gasteiger partial charge < -0.3 is 10.2 Å². The summed E-state index contributed by atoms with van der Waals surface area (Å²) < 4.78 is 0. The van der Waals surface area contributed by atoms with Crippen LogP contribution in [-0.4, -0.2) is 60.0 Å². The van der Waals surface area contributed by atoms with Crippen molar-refractivity contribution in [3.8, 4) is 0 Å². The number of hydrogen-bond donors (Lipinski definition) is 1. The molecule has 4 nitrogen and oxygen atoms in total. The fraction of sp³-hybridized carbons (Fsp3) is 0.941. The van der Waals surface area contributed by atoms with Crippen LogP contribution >= 0.6 is 0 Å². The van der Waals surface area contributed by atoms with E-state index in [-0.39, 0.29) is 12.1 Å². The minimum absolute atomic E-state index is 0.287. The van der Waals surface area contributed by atoms with E-state index in [4.69, 9.17) is 0 Å². The number of carbonyl (C=O) groups excluding carboxylic acids is 1. The molecule has 1 saturated carbocycles. The molecule has 1 atom stereocenters. The number of amides is 1. The summed E-state index contributed by atoms with van der Waals surface area (Å²) in [6, 6.07) is 1.24. The fourth-order valence-electron chi connectivity index (χ4n) is 3.62. The molecule has 1 aliphatic carbocycles. The summed E-state index contributed by atoms with van der Waals surface area (Å²) in [5.74, 6) is 1.02. The molecule has 0 aromatic heterocycles. The van der Waals surface area contributed by atoms with E-state index >= 15 is 0 Å². The van der Waals surface area contributed by atoms with Crippen molar-refractivity contribution < 1.29 is 4.79 Å². The van der Waals surface area contributed by atoms with Crippen LogP contribution in [0.4, 0.5) is 0 Å². The maximum absolute atomic E-state index is 12.7. The van der Waals surface area contributed by atoms with E-state index in [0.717, 1.165) is 25.6 Å². The maximum atomic E-state index is 12.7. The van der Waals surface area contributed by atoms with Crippen molar-refractivity contribution in [2.45, 2.75) is 71.5 Å². The monoisotopic (exact) mass is 295 g/mol. The van der Waals surface area contributed by atoms with Crippen molar-refractivity contribution in [2.75, 3.05) is 26.2 Å². The highest BCUT2D eigenvalue weighted by Gasteiger charge is 2.33. The SMILES string of the molecule is CC(C)N(C(=O)CN(CC1CCCNC1)C1CC1)C(C)C. The van der Waals surface area contributed by atoms with Crippen LogP contribution in [0.1, 0.15) is 53.4 Å². The first-order valence-electron chi connectivity index (χ1n) is 8.75. The van der Waals surface area contributed by atoms with Crippen molar-refractivity contribution in [3.05, 3.63) is 0 Å². The summed E-state index contributed by atoms with van der Waals surface area (Å²) in [4.78, 5) is 17.2. The summed E-state index contributed by atoms with van der Waals surface area (Å²) in [5, 5.41) is 3.49. The van der Waals surface area contributed by atoms with Gasteiger partial charge in [0.2, 0.25) is 5.91 Å². The average Bonchev–Trinajstić information content (AvgIpc) is 3.22. The lowest BCUT2D eigenvalue weighted by atomic mass is 9.99. The number of nitrogens with one attached hydrogen (secondary N) is 1. The molecular formula is C17H33N3O. The minimum Gasteiger partial charge on any atom is -0.337 e. The molecule has 1 unspecified atom stereocenters. The third-order valence-corrected chi connectivity index (χ3v) is 4.69. The Kier molecular flexibility index (Phi) is 6.06. The molecule has 1 saturated heterocycles. The number of nitrogens with zero attached hydrogens (tertiary/aromatic N) is 2. The van der Waals surface area contributed by atoms with E-state index in [1.807, 2.05) is 4.90 Å². The predicted molar refractivity (Wildman–Crippen MR) is 87.3 cm³/mol. The van der Waals surface area contributed by atoms with Gasteiger partial charge in [-0.25, -0.2) is 0 Å². The first-order valence-corrected chi connectivity index (χ1v) is 8.75.